The molecule has 2 aromatic carbocycles. The predicted octanol–water partition coefficient (Wildman–Crippen LogP) is 3.50. The third kappa shape index (κ3) is 4.37. The molecule has 0 saturated carbocycles. The van der Waals surface area contributed by atoms with E-state index in [0.717, 1.165) is 5.56 Å². The number of halogens is 1. The summed E-state index contributed by atoms with van der Waals surface area (Å²) in [5.41, 5.74) is 3.99. The minimum absolute atomic E-state index is 0.121. The van der Waals surface area contributed by atoms with Gasteiger partial charge in [0.15, 0.2) is 0 Å². The summed E-state index contributed by atoms with van der Waals surface area (Å²) in [7, 11) is 3.12. The SMILES string of the molecule is COc1cc(/C=N\Nc2cc(C(=O)O)ccc2Cl)cc(OC)c1. The summed E-state index contributed by atoms with van der Waals surface area (Å²) in [4.78, 5) is 11.0. The van der Waals surface area contributed by atoms with Gasteiger partial charge in [-0.15, -0.1) is 0 Å². The zero-order valence-electron chi connectivity index (χ0n) is 12.5. The van der Waals surface area contributed by atoms with E-state index in [0.29, 0.717) is 22.2 Å². The van der Waals surface area contributed by atoms with Crippen molar-refractivity contribution in [2.75, 3.05) is 19.6 Å². The monoisotopic (exact) mass is 334 g/mol. The number of hydrogen-bond donors (Lipinski definition) is 2. The highest BCUT2D eigenvalue weighted by Crippen LogP contribution is 2.24. The number of anilines is 1. The summed E-state index contributed by atoms with van der Waals surface area (Å²) in [5, 5.41) is 13.4. The van der Waals surface area contributed by atoms with Gasteiger partial charge in [0.2, 0.25) is 0 Å². The van der Waals surface area contributed by atoms with Gasteiger partial charge in [0.25, 0.3) is 0 Å². The fourth-order valence-electron chi connectivity index (χ4n) is 1.82. The number of carboxylic acid groups (broad SMARTS) is 1. The van der Waals surface area contributed by atoms with E-state index in [2.05, 4.69) is 10.5 Å². The fourth-order valence-corrected chi connectivity index (χ4v) is 1.98. The molecule has 0 aromatic heterocycles. The Kier molecular flexibility index (Phi) is 5.43. The summed E-state index contributed by atoms with van der Waals surface area (Å²) >= 11 is 6.01. The second-order valence-electron chi connectivity index (χ2n) is 4.52. The van der Waals surface area contributed by atoms with Crippen LogP contribution in [0.5, 0.6) is 11.5 Å². The molecular formula is C16H15ClN2O4. The Hall–Kier alpha value is -2.73. The lowest BCUT2D eigenvalue weighted by molar-refractivity contribution is 0.0697. The number of carboxylic acids is 1. The number of hydrogen-bond acceptors (Lipinski definition) is 5. The van der Waals surface area contributed by atoms with E-state index in [9.17, 15) is 4.79 Å². The van der Waals surface area contributed by atoms with Crippen LogP contribution in [0.2, 0.25) is 5.02 Å². The van der Waals surface area contributed by atoms with Crippen LogP contribution < -0.4 is 14.9 Å². The third-order valence-electron chi connectivity index (χ3n) is 2.99. The number of nitrogens with zero attached hydrogens (tertiary/aromatic N) is 1. The van der Waals surface area contributed by atoms with Gasteiger partial charge in [-0.25, -0.2) is 4.79 Å². The number of aromatic carboxylic acids is 1. The number of carbonyl (C=O) groups is 1. The Morgan fingerprint density at radius 2 is 1.83 bits per heavy atom. The molecule has 23 heavy (non-hydrogen) atoms. The zero-order valence-corrected chi connectivity index (χ0v) is 13.3. The van der Waals surface area contributed by atoms with E-state index in [1.807, 2.05) is 0 Å². The first kappa shape index (κ1) is 16.6. The van der Waals surface area contributed by atoms with E-state index < -0.39 is 5.97 Å². The molecule has 2 aromatic rings. The lowest BCUT2D eigenvalue weighted by atomic mass is 10.2. The maximum absolute atomic E-state index is 11.0. The van der Waals surface area contributed by atoms with Gasteiger partial charge >= 0.3 is 5.97 Å². The minimum Gasteiger partial charge on any atom is -0.497 e. The largest absolute Gasteiger partial charge is 0.497 e. The van der Waals surface area contributed by atoms with Crippen LogP contribution in [0.4, 0.5) is 5.69 Å². The molecule has 0 radical (unpaired) electrons. The standard InChI is InChI=1S/C16H15ClN2O4/c1-22-12-5-10(6-13(8-12)23-2)9-18-19-15-7-11(16(20)21)3-4-14(15)17/h3-9,19H,1-2H3,(H,20,21)/b18-9-. The Labute approximate surface area is 138 Å². The van der Waals surface area contributed by atoms with Gasteiger partial charge in [-0.1, -0.05) is 11.6 Å². The topological polar surface area (TPSA) is 80.2 Å². The molecular weight excluding hydrogens is 320 g/mol. The van der Waals surface area contributed by atoms with Crippen molar-refractivity contribution in [3.63, 3.8) is 0 Å². The van der Waals surface area contributed by atoms with Crippen molar-refractivity contribution in [2.24, 2.45) is 5.10 Å². The molecule has 0 aliphatic rings. The van der Waals surface area contributed by atoms with E-state index in [-0.39, 0.29) is 5.56 Å². The van der Waals surface area contributed by atoms with Crippen LogP contribution in [0, 0.1) is 0 Å². The highest BCUT2D eigenvalue weighted by atomic mass is 35.5. The molecule has 7 heteroatoms. The smallest absolute Gasteiger partial charge is 0.335 e. The molecule has 0 amide bonds. The van der Waals surface area contributed by atoms with Crippen molar-refractivity contribution in [1.29, 1.82) is 0 Å². The van der Waals surface area contributed by atoms with Gasteiger partial charge in [-0.05, 0) is 30.3 Å². The maximum atomic E-state index is 11.0. The van der Waals surface area contributed by atoms with Crippen LogP contribution in [0.3, 0.4) is 0 Å². The molecule has 0 bridgehead atoms. The molecule has 6 nitrogen and oxygen atoms in total. The van der Waals surface area contributed by atoms with Crippen LogP contribution in [0.25, 0.3) is 0 Å². The molecule has 0 aliphatic heterocycles. The molecule has 2 N–H and O–H groups in total. The molecule has 0 saturated heterocycles. The number of ether oxygens (including phenoxy) is 2. The van der Waals surface area contributed by atoms with Gasteiger partial charge < -0.3 is 14.6 Å². The van der Waals surface area contributed by atoms with E-state index in [1.54, 1.807) is 38.6 Å². The fraction of sp³-hybridized carbons (Fsp3) is 0.125. The maximum Gasteiger partial charge on any atom is 0.335 e. The molecule has 120 valence electrons. The quantitative estimate of drug-likeness (QED) is 0.624. The van der Waals surface area contributed by atoms with Crippen molar-refractivity contribution in [3.05, 3.63) is 52.5 Å². The lowest BCUT2D eigenvalue weighted by Gasteiger charge is -2.06. The number of rotatable bonds is 6. The van der Waals surface area contributed by atoms with Gasteiger partial charge in [0.1, 0.15) is 11.5 Å². The van der Waals surface area contributed by atoms with Crippen LogP contribution >= 0.6 is 11.6 Å². The normalized spacial score (nSPS) is 10.6. The first-order chi connectivity index (χ1) is 11.0. The number of nitrogens with one attached hydrogen (secondary N) is 1. The summed E-state index contributed by atoms with van der Waals surface area (Å²) in [6, 6.07) is 9.64. The van der Waals surface area contributed by atoms with Gasteiger partial charge in [-0.2, -0.15) is 5.10 Å². The van der Waals surface area contributed by atoms with Crippen LogP contribution in [-0.4, -0.2) is 31.5 Å². The highest BCUT2D eigenvalue weighted by molar-refractivity contribution is 6.33. The minimum atomic E-state index is -1.04. The lowest BCUT2D eigenvalue weighted by Crippen LogP contribution is -1.99. The van der Waals surface area contributed by atoms with Gasteiger partial charge in [-0.3, -0.25) is 5.43 Å². The number of hydrazone groups is 1. The van der Waals surface area contributed by atoms with Crippen molar-refractivity contribution in [1.82, 2.24) is 0 Å². The average Bonchev–Trinajstić information content (AvgIpc) is 2.55. The molecule has 0 spiro atoms. The van der Waals surface area contributed by atoms with E-state index >= 15 is 0 Å². The molecule has 0 heterocycles. The van der Waals surface area contributed by atoms with Crippen molar-refractivity contribution in [3.8, 4) is 11.5 Å². The second-order valence-corrected chi connectivity index (χ2v) is 4.92. The summed E-state index contributed by atoms with van der Waals surface area (Å²) in [6.45, 7) is 0. The Morgan fingerprint density at radius 3 is 2.39 bits per heavy atom. The van der Waals surface area contributed by atoms with E-state index in [4.69, 9.17) is 26.2 Å². The van der Waals surface area contributed by atoms with Gasteiger partial charge in [0.05, 0.1) is 36.7 Å². The molecule has 0 atom stereocenters. The van der Waals surface area contributed by atoms with Crippen LogP contribution in [-0.2, 0) is 0 Å². The second kappa shape index (κ2) is 7.51. The molecule has 0 unspecified atom stereocenters. The van der Waals surface area contributed by atoms with Crippen molar-refractivity contribution >= 4 is 29.5 Å². The van der Waals surface area contributed by atoms with Crippen molar-refractivity contribution < 1.29 is 19.4 Å². The average molecular weight is 335 g/mol. The first-order valence-corrected chi connectivity index (χ1v) is 6.96. The predicted molar refractivity (Wildman–Crippen MR) is 89.2 cm³/mol. The highest BCUT2D eigenvalue weighted by Gasteiger charge is 2.06. The van der Waals surface area contributed by atoms with Crippen LogP contribution in [0.1, 0.15) is 15.9 Å². The Morgan fingerprint density at radius 1 is 1.17 bits per heavy atom. The molecule has 0 fully saturated rings. The van der Waals surface area contributed by atoms with Crippen molar-refractivity contribution in [2.45, 2.75) is 0 Å². The molecule has 0 aliphatic carbocycles. The third-order valence-corrected chi connectivity index (χ3v) is 3.32. The van der Waals surface area contributed by atoms with Gasteiger partial charge in [0, 0.05) is 11.6 Å². The molecule has 2 rings (SSSR count). The first-order valence-electron chi connectivity index (χ1n) is 6.58. The summed E-state index contributed by atoms with van der Waals surface area (Å²) in [6.07, 6.45) is 1.55. The Balaban J connectivity index is 2.19. The summed E-state index contributed by atoms with van der Waals surface area (Å²) in [5.74, 6) is 0.236. The number of methoxy groups -OCH3 is 2. The number of benzene rings is 2. The van der Waals surface area contributed by atoms with E-state index in [1.165, 1.54) is 18.2 Å². The Bertz CT molecular complexity index is 725. The summed E-state index contributed by atoms with van der Waals surface area (Å²) < 4.78 is 10.3. The van der Waals surface area contributed by atoms with Crippen LogP contribution in [0.15, 0.2) is 41.5 Å². The zero-order chi connectivity index (χ0) is 16.8.